The van der Waals surface area contributed by atoms with Crippen molar-refractivity contribution >= 4 is 21.4 Å². The number of aryl methyl sites for hydroxylation is 1. The molecule has 0 nitrogen and oxygen atoms in total. The second kappa shape index (κ2) is 5.32. The minimum atomic E-state index is 1.24. The van der Waals surface area contributed by atoms with Crippen molar-refractivity contribution in [2.75, 3.05) is 0 Å². The molecule has 0 unspecified atom stereocenters. The van der Waals surface area contributed by atoms with Crippen molar-refractivity contribution in [3.8, 4) is 0 Å². The smallest absolute Gasteiger partial charge is 0.0345 e. The monoisotopic (exact) mass is 218 g/mol. The fraction of sp³-hybridized carbons (Fsp3) is 0.429. The van der Waals surface area contributed by atoms with Gasteiger partial charge in [-0.1, -0.05) is 38.3 Å². The summed E-state index contributed by atoms with van der Waals surface area (Å²) in [6.45, 7) is 2.26. The van der Waals surface area contributed by atoms with Crippen LogP contribution in [0.5, 0.6) is 0 Å². The SMILES string of the molecule is CCCCCCc1cccc2sccc12. The molecule has 0 fully saturated rings. The van der Waals surface area contributed by atoms with E-state index in [9.17, 15) is 0 Å². The van der Waals surface area contributed by atoms with Gasteiger partial charge in [-0.05, 0) is 41.3 Å². The standard InChI is InChI=1S/C14H18S/c1-2-3-4-5-7-12-8-6-9-14-13(12)10-11-15-14/h6,8-11H,2-5,7H2,1H3. The van der Waals surface area contributed by atoms with Crippen molar-refractivity contribution in [1.82, 2.24) is 0 Å². The first-order chi connectivity index (χ1) is 7.42. The Morgan fingerprint density at radius 1 is 1.07 bits per heavy atom. The minimum absolute atomic E-state index is 1.24. The molecule has 2 rings (SSSR count). The molecular weight excluding hydrogens is 200 g/mol. The van der Waals surface area contributed by atoms with Crippen molar-refractivity contribution in [3.05, 3.63) is 35.2 Å². The summed E-state index contributed by atoms with van der Waals surface area (Å²) in [7, 11) is 0. The lowest BCUT2D eigenvalue weighted by atomic mass is 10.0. The van der Waals surface area contributed by atoms with Crippen LogP contribution in [-0.2, 0) is 6.42 Å². The van der Waals surface area contributed by atoms with Gasteiger partial charge >= 0.3 is 0 Å². The molecule has 0 atom stereocenters. The van der Waals surface area contributed by atoms with Gasteiger partial charge in [-0.3, -0.25) is 0 Å². The summed E-state index contributed by atoms with van der Waals surface area (Å²) < 4.78 is 1.43. The van der Waals surface area contributed by atoms with E-state index in [0.29, 0.717) is 0 Å². The third kappa shape index (κ3) is 2.60. The zero-order valence-corrected chi connectivity index (χ0v) is 10.1. The maximum Gasteiger partial charge on any atom is 0.0345 e. The lowest BCUT2D eigenvalue weighted by Crippen LogP contribution is -1.86. The molecule has 15 heavy (non-hydrogen) atoms. The molecular formula is C14H18S. The molecule has 0 aliphatic heterocycles. The van der Waals surface area contributed by atoms with Gasteiger partial charge in [0.2, 0.25) is 0 Å². The van der Waals surface area contributed by atoms with Crippen molar-refractivity contribution in [1.29, 1.82) is 0 Å². The fourth-order valence-corrected chi connectivity index (χ4v) is 2.85. The number of hydrogen-bond donors (Lipinski definition) is 0. The van der Waals surface area contributed by atoms with Crippen molar-refractivity contribution < 1.29 is 0 Å². The summed E-state index contributed by atoms with van der Waals surface area (Å²) in [5, 5.41) is 3.67. The Bertz CT molecular complexity index is 414. The number of fused-ring (bicyclic) bond motifs is 1. The molecule has 0 saturated carbocycles. The molecule has 1 aromatic carbocycles. The van der Waals surface area contributed by atoms with Crippen LogP contribution in [0.1, 0.15) is 38.2 Å². The topological polar surface area (TPSA) is 0 Å². The van der Waals surface area contributed by atoms with E-state index in [-0.39, 0.29) is 0 Å². The Labute approximate surface area is 95.9 Å². The van der Waals surface area contributed by atoms with Gasteiger partial charge in [0.15, 0.2) is 0 Å². The highest BCUT2D eigenvalue weighted by Crippen LogP contribution is 2.25. The van der Waals surface area contributed by atoms with Crippen LogP contribution in [0.25, 0.3) is 10.1 Å². The van der Waals surface area contributed by atoms with E-state index in [2.05, 4.69) is 36.6 Å². The van der Waals surface area contributed by atoms with Gasteiger partial charge < -0.3 is 0 Å². The van der Waals surface area contributed by atoms with E-state index in [1.54, 1.807) is 0 Å². The van der Waals surface area contributed by atoms with Crippen LogP contribution >= 0.6 is 11.3 Å². The second-order valence-corrected chi connectivity index (χ2v) is 5.01. The molecule has 2 aromatic rings. The first kappa shape index (κ1) is 10.7. The van der Waals surface area contributed by atoms with Crippen LogP contribution in [0.4, 0.5) is 0 Å². The molecule has 0 aliphatic carbocycles. The Hall–Kier alpha value is -0.820. The second-order valence-electron chi connectivity index (χ2n) is 4.06. The molecule has 0 aliphatic rings. The third-order valence-electron chi connectivity index (χ3n) is 2.89. The largest absolute Gasteiger partial charge is 0.144 e. The number of rotatable bonds is 5. The van der Waals surface area contributed by atoms with E-state index in [1.165, 1.54) is 47.8 Å². The van der Waals surface area contributed by atoms with Crippen molar-refractivity contribution in [2.24, 2.45) is 0 Å². The molecule has 0 saturated heterocycles. The fourth-order valence-electron chi connectivity index (χ4n) is 2.02. The van der Waals surface area contributed by atoms with Crippen LogP contribution in [0.3, 0.4) is 0 Å². The molecule has 0 amide bonds. The van der Waals surface area contributed by atoms with Crippen LogP contribution in [0.2, 0.25) is 0 Å². The third-order valence-corrected chi connectivity index (χ3v) is 3.77. The van der Waals surface area contributed by atoms with Crippen LogP contribution in [0, 0.1) is 0 Å². The summed E-state index contributed by atoms with van der Waals surface area (Å²) in [4.78, 5) is 0. The number of thiophene rings is 1. The molecule has 0 radical (unpaired) electrons. The maximum absolute atomic E-state index is 2.28. The molecule has 80 valence electrons. The highest BCUT2D eigenvalue weighted by Gasteiger charge is 2.00. The minimum Gasteiger partial charge on any atom is -0.144 e. The van der Waals surface area contributed by atoms with Gasteiger partial charge in [0, 0.05) is 4.70 Å². The maximum atomic E-state index is 2.28. The van der Waals surface area contributed by atoms with Gasteiger partial charge in [0.25, 0.3) is 0 Å². The van der Waals surface area contributed by atoms with E-state index in [1.807, 2.05) is 11.3 Å². The lowest BCUT2D eigenvalue weighted by Gasteiger charge is -2.02. The normalized spacial score (nSPS) is 11.0. The molecule has 0 N–H and O–H groups in total. The molecule has 1 heteroatoms. The average molecular weight is 218 g/mol. The number of hydrogen-bond acceptors (Lipinski definition) is 1. The van der Waals surface area contributed by atoms with E-state index >= 15 is 0 Å². The summed E-state index contributed by atoms with van der Waals surface area (Å²) >= 11 is 1.85. The highest BCUT2D eigenvalue weighted by atomic mass is 32.1. The average Bonchev–Trinajstić information content (AvgIpc) is 2.73. The highest BCUT2D eigenvalue weighted by molar-refractivity contribution is 7.17. The molecule has 0 spiro atoms. The Kier molecular flexibility index (Phi) is 3.79. The molecule has 0 bridgehead atoms. The first-order valence-electron chi connectivity index (χ1n) is 5.87. The summed E-state index contributed by atoms with van der Waals surface area (Å²) in [5.41, 5.74) is 1.53. The van der Waals surface area contributed by atoms with E-state index < -0.39 is 0 Å². The van der Waals surface area contributed by atoms with E-state index in [4.69, 9.17) is 0 Å². The van der Waals surface area contributed by atoms with Gasteiger partial charge in [-0.2, -0.15) is 0 Å². The molecule has 1 aromatic heterocycles. The number of benzene rings is 1. The number of unbranched alkanes of at least 4 members (excludes halogenated alkanes) is 3. The van der Waals surface area contributed by atoms with Gasteiger partial charge in [0.05, 0.1) is 0 Å². The Morgan fingerprint density at radius 2 is 2.00 bits per heavy atom. The summed E-state index contributed by atoms with van der Waals surface area (Å²) in [6.07, 6.45) is 6.65. The zero-order chi connectivity index (χ0) is 10.5. The van der Waals surface area contributed by atoms with Gasteiger partial charge in [-0.15, -0.1) is 11.3 Å². The quantitative estimate of drug-likeness (QED) is 0.618. The first-order valence-corrected chi connectivity index (χ1v) is 6.75. The zero-order valence-electron chi connectivity index (χ0n) is 9.33. The van der Waals surface area contributed by atoms with Gasteiger partial charge in [-0.25, -0.2) is 0 Å². The summed E-state index contributed by atoms with van der Waals surface area (Å²) in [5.74, 6) is 0. The van der Waals surface area contributed by atoms with Crippen LogP contribution in [-0.4, -0.2) is 0 Å². The Balaban J connectivity index is 2.04. The van der Waals surface area contributed by atoms with Crippen molar-refractivity contribution in [3.63, 3.8) is 0 Å². The van der Waals surface area contributed by atoms with Gasteiger partial charge in [0.1, 0.15) is 0 Å². The molecule has 1 heterocycles. The lowest BCUT2D eigenvalue weighted by molar-refractivity contribution is 0.668. The van der Waals surface area contributed by atoms with Crippen molar-refractivity contribution in [2.45, 2.75) is 39.0 Å². The van der Waals surface area contributed by atoms with E-state index in [0.717, 1.165) is 0 Å². The van der Waals surface area contributed by atoms with Crippen LogP contribution in [0.15, 0.2) is 29.6 Å². The predicted octanol–water partition coefficient (Wildman–Crippen LogP) is 5.02. The predicted molar refractivity (Wildman–Crippen MR) is 69.7 cm³/mol. The van der Waals surface area contributed by atoms with Crippen LogP contribution < -0.4 is 0 Å². The Morgan fingerprint density at radius 3 is 2.87 bits per heavy atom. The summed E-state index contributed by atoms with van der Waals surface area (Å²) in [6, 6.07) is 8.94.